The van der Waals surface area contributed by atoms with Gasteiger partial charge >= 0.3 is 0 Å². The molecular weight excluding hydrogens is 388 g/mol. The zero-order valence-electron chi connectivity index (χ0n) is 13.9. The molecule has 4 nitrogen and oxygen atoms in total. The third-order valence-electron chi connectivity index (χ3n) is 3.89. The average Bonchev–Trinajstić information content (AvgIpc) is 3.25. The van der Waals surface area contributed by atoms with E-state index in [1.165, 1.54) is 16.5 Å². The van der Waals surface area contributed by atoms with Crippen LogP contribution in [0.5, 0.6) is 5.75 Å². The predicted molar refractivity (Wildman–Crippen MR) is 106 cm³/mol. The lowest BCUT2D eigenvalue weighted by Crippen LogP contribution is -1.89. The minimum absolute atomic E-state index is 0.557. The Kier molecular flexibility index (Phi) is 5.15. The number of ether oxygens (including phenoxy) is 1. The van der Waals surface area contributed by atoms with Gasteiger partial charge in [0.2, 0.25) is 5.89 Å². The molecule has 2 aromatic carbocycles. The van der Waals surface area contributed by atoms with Crippen molar-refractivity contribution in [3.8, 4) is 5.75 Å². The van der Waals surface area contributed by atoms with E-state index < -0.39 is 0 Å². The van der Waals surface area contributed by atoms with E-state index in [1.807, 2.05) is 42.5 Å². The number of benzene rings is 2. The second kappa shape index (κ2) is 7.70. The highest BCUT2D eigenvalue weighted by atomic mass is 35.5. The predicted octanol–water partition coefficient (Wildman–Crippen LogP) is 5.83. The Labute approximate surface area is 164 Å². The topological polar surface area (TPSA) is 48.2 Å². The van der Waals surface area contributed by atoms with E-state index in [1.54, 1.807) is 18.4 Å². The Hall–Kier alpha value is -2.02. The Morgan fingerprint density at radius 3 is 2.69 bits per heavy atom. The summed E-state index contributed by atoms with van der Waals surface area (Å²) in [5.41, 5.74) is 1.10. The normalized spacial score (nSPS) is 11.2. The summed E-state index contributed by atoms with van der Waals surface area (Å²) in [6.07, 6.45) is 0.598. The lowest BCUT2D eigenvalue weighted by molar-refractivity contribution is 0.413. The number of methoxy groups -OCH3 is 1. The van der Waals surface area contributed by atoms with Crippen molar-refractivity contribution >= 4 is 44.8 Å². The number of hydrogen-bond donors (Lipinski definition) is 0. The van der Waals surface area contributed by atoms with Crippen LogP contribution in [0.25, 0.3) is 10.1 Å². The van der Waals surface area contributed by atoms with Crippen molar-refractivity contribution < 1.29 is 9.15 Å². The lowest BCUT2D eigenvalue weighted by atomic mass is 10.1. The van der Waals surface area contributed by atoms with Gasteiger partial charge in [-0.1, -0.05) is 53.7 Å². The molecule has 26 heavy (non-hydrogen) atoms. The summed E-state index contributed by atoms with van der Waals surface area (Å²) in [4.78, 5) is 1.12. The van der Waals surface area contributed by atoms with E-state index in [0.29, 0.717) is 23.3 Å². The van der Waals surface area contributed by atoms with Crippen LogP contribution in [0, 0.1) is 0 Å². The van der Waals surface area contributed by atoms with Crippen LogP contribution in [0.1, 0.15) is 16.3 Å². The molecule has 0 saturated heterocycles. The Morgan fingerprint density at radius 1 is 1.12 bits per heavy atom. The molecule has 0 aliphatic heterocycles. The van der Waals surface area contributed by atoms with Crippen molar-refractivity contribution in [2.45, 2.75) is 17.4 Å². The summed E-state index contributed by atoms with van der Waals surface area (Å²) in [5, 5.41) is 10.7. The zero-order chi connectivity index (χ0) is 17.9. The van der Waals surface area contributed by atoms with Crippen LogP contribution < -0.4 is 4.74 Å². The molecule has 0 amide bonds. The van der Waals surface area contributed by atoms with Crippen LogP contribution in [-0.4, -0.2) is 17.3 Å². The van der Waals surface area contributed by atoms with E-state index >= 15 is 0 Å². The van der Waals surface area contributed by atoms with Crippen LogP contribution in [0.4, 0.5) is 0 Å². The average molecular weight is 403 g/mol. The van der Waals surface area contributed by atoms with Gasteiger partial charge in [-0.25, -0.2) is 0 Å². The minimum atomic E-state index is 0.557. The molecular formula is C19H15ClN2O2S2. The smallest absolute Gasteiger partial charge is 0.276 e. The second-order valence-electron chi connectivity index (χ2n) is 5.61. The van der Waals surface area contributed by atoms with Crippen molar-refractivity contribution in [2.75, 3.05) is 7.11 Å². The molecule has 0 aliphatic rings. The van der Waals surface area contributed by atoms with Gasteiger partial charge in [-0.05, 0) is 23.8 Å². The molecule has 132 valence electrons. The van der Waals surface area contributed by atoms with Crippen molar-refractivity contribution in [2.24, 2.45) is 0 Å². The maximum Gasteiger partial charge on any atom is 0.276 e. The number of rotatable bonds is 6. The molecule has 4 rings (SSSR count). The first kappa shape index (κ1) is 17.4. The molecule has 2 heterocycles. The summed E-state index contributed by atoms with van der Waals surface area (Å²) in [5.74, 6) is 2.14. The summed E-state index contributed by atoms with van der Waals surface area (Å²) >= 11 is 9.69. The molecule has 0 bridgehead atoms. The SMILES string of the molecule is COc1ccc(Cc2nnc(SCc3sc4ccccc4c3Cl)o2)cc1. The number of fused-ring (bicyclic) bond motifs is 1. The van der Waals surface area contributed by atoms with Gasteiger partial charge in [0.1, 0.15) is 5.75 Å². The second-order valence-corrected chi connectivity index (χ2v) is 8.05. The van der Waals surface area contributed by atoms with Crippen molar-refractivity contribution in [1.82, 2.24) is 10.2 Å². The van der Waals surface area contributed by atoms with Gasteiger partial charge in [0, 0.05) is 20.7 Å². The van der Waals surface area contributed by atoms with Gasteiger partial charge in [0.05, 0.1) is 18.6 Å². The minimum Gasteiger partial charge on any atom is -0.497 e. The van der Waals surface area contributed by atoms with E-state index in [9.17, 15) is 0 Å². The number of aromatic nitrogens is 2. The van der Waals surface area contributed by atoms with Gasteiger partial charge in [-0.15, -0.1) is 21.5 Å². The van der Waals surface area contributed by atoms with Crippen LogP contribution in [0.2, 0.25) is 5.02 Å². The molecule has 4 aromatic rings. The van der Waals surface area contributed by atoms with Gasteiger partial charge in [0.25, 0.3) is 5.22 Å². The monoisotopic (exact) mass is 402 g/mol. The summed E-state index contributed by atoms with van der Waals surface area (Å²) < 4.78 is 12.1. The van der Waals surface area contributed by atoms with Crippen LogP contribution in [0.15, 0.2) is 58.2 Å². The fraction of sp³-hybridized carbons (Fsp3) is 0.158. The van der Waals surface area contributed by atoms with E-state index in [0.717, 1.165) is 26.6 Å². The van der Waals surface area contributed by atoms with Gasteiger partial charge in [-0.2, -0.15) is 0 Å². The molecule has 0 saturated carbocycles. The highest BCUT2D eigenvalue weighted by Crippen LogP contribution is 2.38. The molecule has 0 fully saturated rings. The summed E-state index contributed by atoms with van der Waals surface area (Å²) in [6, 6.07) is 16.0. The fourth-order valence-electron chi connectivity index (χ4n) is 2.57. The highest BCUT2D eigenvalue weighted by molar-refractivity contribution is 7.98. The third kappa shape index (κ3) is 3.72. The maximum absolute atomic E-state index is 6.48. The molecule has 0 unspecified atom stereocenters. The number of thiophene rings is 1. The lowest BCUT2D eigenvalue weighted by Gasteiger charge is -2.00. The standard InChI is InChI=1S/C19H15ClN2O2S2/c1-23-13-8-6-12(7-9-13)10-17-21-22-19(24-17)25-11-16-18(20)14-4-2-3-5-15(14)26-16/h2-9H,10-11H2,1H3. The first-order valence-electron chi connectivity index (χ1n) is 7.97. The molecule has 0 N–H and O–H groups in total. The Morgan fingerprint density at radius 2 is 1.92 bits per heavy atom. The first-order chi connectivity index (χ1) is 12.7. The summed E-state index contributed by atoms with van der Waals surface area (Å²) in [7, 11) is 1.65. The zero-order valence-corrected chi connectivity index (χ0v) is 16.3. The van der Waals surface area contributed by atoms with Crippen molar-refractivity contribution in [1.29, 1.82) is 0 Å². The van der Waals surface area contributed by atoms with Crippen LogP contribution in [0.3, 0.4) is 0 Å². The molecule has 2 aromatic heterocycles. The van der Waals surface area contributed by atoms with E-state index in [4.69, 9.17) is 20.8 Å². The number of halogens is 1. The molecule has 0 spiro atoms. The number of nitrogens with zero attached hydrogens (tertiary/aromatic N) is 2. The van der Waals surface area contributed by atoms with Gasteiger partial charge in [-0.3, -0.25) is 0 Å². The first-order valence-corrected chi connectivity index (χ1v) is 10.1. The number of thioether (sulfide) groups is 1. The van der Waals surface area contributed by atoms with Gasteiger partial charge < -0.3 is 9.15 Å². The van der Waals surface area contributed by atoms with Crippen molar-refractivity contribution in [3.05, 3.63) is 69.9 Å². The Bertz CT molecular complexity index is 1030. The highest BCUT2D eigenvalue weighted by Gasteiger charge is 2.13. The van der Waals surface area contributed by atoms with E-state index in [-0.39, 0.29) is 0 Å². The quantitative estimate of drug-likeness (QED) is 0.380. The maximum atomic E-state index is 6.48. The molecule has 0 radical (unpaired) electrons. The summed E-state index contributed by atoms with van der Waals surface area (Å²) in [6.45, 7) is 0. The third-order valence-corrected chi connectivity index (χ3v) is 6.63. The van der Waals surface area contributed by atoms with Gasteiger partial charge in [0.15, 0.2) is 0 Å². The largest absolute Gasteiger partial charge is 0.497 e. The fourth-order valence-corrected chi connectivity index (χ4v) is 5.01. The molecule has 7 heteroatoms. The van der Waals surface area contributed by atoms with Crippen molar-refractivity contribution in [3.63, 3.8) is 0 Å². The molecule has 0 atom stereocenters. The van der Waals surface area contributed by atoms with Crippen LogP contribution >= 0.6 is 34.7 Å². The van der Waals surface area contributed by atoms with Crippen LogP contribution in [-0.2, 0) is 12.2 Å². The van der Waals surface area contributed by atoms with E-state index in [2.05, 4.69) is 16.3 Å². The Balaban J connectivity index is 1.42. The molecule has 0 aliphatic carbocycles. The number of hydrogen-bond acceptors (Lipinski definition) is 6.